The normalized spacial score (nSPS) is 11.3. The third kappa shape index (κ3) is 3.65. The van der Waals surface area contributed by atoms with Crippen molar-refractivity contribution in [1.29, 1.82) is 0 Å². The summed E-state index contributed by atoms with van der Waals surface area (Å²) in [5, 5.41) is 3.63. The lowest BCUT2D eigenvalue weighted by molar-refractivity contribution is 0.0950. The summed E-state index contributed by atoms with van der Waals surface area (Å²) < 4.78 is 7.04. The number of hydrogen-bond donors (Lipinski definition) is 1. The van der Waals surface area contributed by atoms with E-state index in [1.165, 1.54) is 10.9 Å². The number of amides is 1. The van der Waals surface area contributed by atoms with Gasteiger partial charge < -0.3 is 9.73 Å². The van der Waals surface area contributed by atoms with Crippen LogP contribution in [0.2, 0.25) is 5.02 Å². The Morgan fingerprint density at radius 1 is 1.38 bits per heavy atom. The molecule has 1 N–H and O–H groups in total. The highest BCUT2D eigenvalue weighted by molar-refractivity contribution is 6.30. The molecule has 0 unspecified atom stereocenters. The molecule has 0 atom stereocenters. The first-order chi connectivity index (χ1) is 12.4. The monoisotopic (exact) mass is 373 g/mol. The quantitative estimate of drug-likeness (QED) is 0.742. The molecule has 1 amide bonds. The maximum absolute atomic E-state index is 12.8. The van der Waals surface area contributed by atoms with Crippen molar-refractivity contribution in [2.45, 2.75) is 33.9 Å². The molecule has 0 bridgehead atoms. The fourth-order valence-corrected chi connectivity index (χ4v) is 3.06. The second-order valence-electron chi connectivity index (χ2n) is 6.62. The van der Waals surface area contributed by atoms with E-state index in [9.17, 15) is 9.59 Å². The lowest BCUT2D eigenvalue weighted by Crippen LogP contribution is -2.27. The first kappa shape index (κ1) is 18.2. The van der Waals surface area contributed by atoms with Crippen molar-refractivity contribution < 1.29 is 9.21 Å². The van der Waals surface area contributed by atoms with Gasteiger partial charge in [0.15, 0.2) is 0 Å². The minimum Gasteiger partial charge on any atom is -0.442 e. The number of nitrogens with one attached hydrogen (secondary N) is 1. The zero-order valence-corrected chi connectivity index (χ0v) is 15.6. The van der Waals surface area contributed by atoms with Gasteiger partial charge in [-0.25, -0.2) is 4.98 Å². The van der Waals surface area contributed by atoms with Crippen LogP contribution in [0.15, 0.2) is 39.8 Å². The Morgan fingerprint density at radius 3 is 2.85 bits per heavy atom. The number of benzene rings is 1. The summed E-state index contributed by atoms with van der Waals surface area (Å²) in [6.45, 7) is 6.50. The Morgan fingerprint density at radius 2 is 2.15 bits per heavy atom. The van der Waals surface area contributed by atoms with Gasteiger partial charge >= 0.3 is 0 Å². The number of furan rings is 1. The Hall–Kier alpha value is -2.60. The molecule has 0 aliphatic heterocycles. The van der Waals surface area contributed by atoms with E-state index in [-0.39, 0.29) is 34.0 Å². The molecule has 3 aromatic rings. The van der Waals surface area contributed by atoms with Crippen LogP contribution < -0.4 is 10.9 Å². The molecular weight excluding hydrogens is 354 g/mol. The van der Waals surface area contributed by atoms with Crippen LogP contribution >= 0.6 is 11.6 Å². The number of hydrogen-bond acceptors (Lipinski definition) is 4. The Balaban J connectivity index is 1.94. The second-order valence-corrected chi connectivity index (χ2v) is 7.06. The molecular formula is C19H20ClN3O3. The minimum atomic E-state index is -0.373. The van der Waals surface area contributed by atoms with Gasteiger partial charge in [-0.05, 0) is 30.5 Å². The van der Waals surface area contributed by atoms with Crippen LogP contribution in [0.5, 0.6) is 0 Å². The number of carbonyl (C=O) groups is 1. The van der Waals surface area contributed by atoms with Crippen molar-refractivity contribution in [3.05, 3.63) is 62.9 Å². The maximum Gasteiger partial charge on any atom is 0.265 e. The topological polar surface area (TPSA) is 77.1 Å². The molecule has 0 aliphatic rings. The SMILES string of the molecule is Cc1oc2ncn(CC(C)C)c(=O)c2c1C(=O)NCc1cccc(Cl)c1. The van der Waals surface area contributed by atoms with Gasteiger partial charge in [-0.1, -0.05) is 37.6 Å². The third-order valence-electron chi connectivity index (χ3n) is 3.99. The predicted octanol–water partition coefficient (Wildman–Crippen LogP) is 3.54. The van der Waals surface area contributed by atoms with Gasteiger partial charge in [0.1, 0.15) is 17.5 Å². The highest BCUT2D eigenvalue weighted by Gasteiger charge is 2.22. The van der Waals surface area contributed by atoms with Crippen LogP contribution in [-0.2, 0) is 13.1 Å². The van der Waals surface area contributed by atoms with Crippen molar-refractivity contribution in [3.63, 3.8) is 0 Å². The van der Waals surface area contributed by atoms with Crippen LogP contribution in [0.4, 0.5) is 0 Å². The average molecular weight is 374 g/mol. The largest absolute Gasteiger partial charge is 0.442 e. The first-order valence-electron chi connectivity index (χ1n) is 8.38. The average Bonchev–Trinajstić information content (AvgIpc) is 2.92. The summed E-state index contributed by atoms with van der Waals surface area (Å²) in [7, 11) is 0. The number of fused-ring (bicyclic) bond motifs is 1. The van der Waals surface area contributed by atoms with Gasteiger partial charge in [0, 0.05) is 18.1 Å². The summed E-state index contributed by atoms with van der Waals surface area (Å²) in [5.41, 5.74) is 1.01. The molecule has 0 saturated heterocycles. The molecule has 3 rings (SSSR count). The summed E-state index contributed by atoms with van der Waals surface area (Å²) in [6, 6.07) is 7.23. The Bertz CT molecular complexity index is 1020. The minimum absolute atomic E-state index is 0.181. The molecule has 0 fully saturated rings. The smallest absolute Gasteiger partial charge is 0.265 e. The third-order valence-corrected chi connectivity index (χ3v) is 4.22. The van der Waals surface area contributed by atoms with Crippen LogP contribution in [0.1, 0.15) is 35.5 Å². The van der Waals surface area contributed by atoms with Crippen LogP contribution in [0, 0.1) is 12.8 Å². The number of carbonyl (C=O) groups excluding carboxylic acids is 1. The molecule has 0 saturated carbocycles. The molecule has 7 heteroatoms. The summed E-state index contributed by atoms with van der Waals surface area (Å²) in [4.78, 5) is 29.7. The highest BCUT2D eigenvalue weighted by Crippen LogP contribution is 2.21. The first-order valence-corrected chi connectivity index (χ1v) is 8.75. The van der Waals surface area contributed by atoms with E-state index >= 15 is 0 Å². The van der Waals surface area contributed by atoms with Gasteiger partial charge in [0.25, 0.3) is 11.5 Å². The zero-order chi connectivity index (χ0) is 18.8. The van der Waals surface area contributed by atoms with E-state index in [2.05, 4.69) is 10.3 Å². The zero-order valence-electron chi connectivity index (χ0n) is 14.9. The molecule has 0 spiro atoms. The summed E-state index contributed by atoms with van der Waals surface area (Å²) in [6.07, 6.45) is 1.46. The Kier molecular flexibility index (Phi) is 5.13. The molecule has 0 radical (unpaired) electrons. The van der Waals surface area contributed by atoms with E-state index in [1.807, 2.05) is 26.0 Å². The van der Waals surface area contributed by atoms with Crippen molar-refractivity contribution in [2.24, 2.45) is 5.92 Å². The predicted molar refractivity (Wildman–Crippen MR) is 100 cm³/mol. The number of aryl methyl sites for hydroxylation is 1. The van der Waals surface area contributed by atoms with Crippen LogP contribution in [0.3, 0.4) is 0 Å². The summed E-state index contributed by atoms with van der Waals surface area (Å²) >= 11 is 5.96. The molecule has 26 heavy (non-hydrogen) atoms. The molecule has 1 aromatic carbocycles. The van der Waals surface area contributed by atoms with E-state index in [4.69, 9.17) is 16.0 Å². The Labute approximate surface area is 155 Å². The fraction of sp³-hybridized carbons (Fsp3) is 0.316. The molecule has 136 valence electrons. The molecule has 6 nitrogen and oxygen atoms in total. The van der Waals surface area contributed by atoms with E-state index in [1.54, 1.807) is 19.1 Å². The van der Waals surface area contributed by atoms with Crippen molar-refractivity contribution in [1.82, 2.24) is 14.9 Å². The van der Waals surface area contributed by atoms with Crippen molar-refractivity contribution in [2.75, 3.05) is 0 Å². The number of halogens is 1. The van der Waals surface area contributed by atoms with Gasteiger partial charge in [-0.2, -0.15) is 0 Å². The lowest BCUT2D eigenvalue weighted by atomic mass is 10.1. The molecule has 2 aromatic heterocycles. The van der Waals surface area contributed by atoms with Crippen LogP contribution in [0.25, 0.3) is 11.1 Å². The number of rotatable bonds is 5. The van der Waals surface area contributed by atoms with Crippen molar-refractivity contribution in [3.8, 4) is 0 Å². The van der Waals surface area contributed by atoms with Crippen LogP contribution in [-0.4, -0.2) is 15.5 Å². The van der Waals surface area contributed by atoms with E-state index in [0.717, 1.165) is 5.56 Å². The van der Waals surface area contributed by atoms with Crippen molar-refractivity contribution >= 4 is 28.6 Å². The summed E-state index contributed by atoms with van der Waals surface area (Å²) in [5.74, 6) is 0.276. The van der Waals surface area contributed by atoms with Gasteiger partial charge in [0.2, 0.25) is 5.71 Å². The molecule has 2 heterocycles. The maximum atomic E-state index is 12.8. The lowest BCUT2D eigenvalue weighted by Gasteiger charge is -2.08. The second kappa shape index (κ2) is 7.33. The van der Waals surface area contributed by atoms with Gasteiger partial charge in [-0.15, -0.1) is 0 Å². The fourth-order valence-electron chi connectivity index (χ4n) is 2.85. The standard InChI is InChI=1S/C19H20ClN3O3/c1-11(2)9-23-10-22-18-16(19(23)25)15(12(3)26-18)17(24)21-8-13-5-4-6-14(20)7-13/h4-7,10-11H,8-9H2,1-3H3,(H,21,24). The van der Waals surface area contributed by atoms with E-state index in [0.29, 0.717) is 23.9 Å². The van der Waals surface area contributed by atoms with Gasteiger partial charge in [0.05, 0.1) is 5.56 Å². The van der Waals surface area contributed by atoms with E-state index < -0.39 is 0 Å². The number of nitrogens with zero attached hydrogens (tertiary/aromatic N) is 2. The number of aromatic nitrogens is 2. The molecule has 0 aliphatic carbocycles. The highest BCUT2D eigenvalue weighted by atomic mass is 35.5. The van der Waals surface area contributed by atoms with Gasteiger partial charge in [-0.3, -0.25) is 14.2 Å².